The lowest BCUT2D eigenvalue weighted by Crippen LogP contribution is -2.16. The van der Waals surface area contributed by atoms with Crippen LogP contribution in [0.1, 0.15) is 23.1 Å². The molecule has 0 saturated carbocycles. The molecule has 1 amide bonds. The number of nitrogens with zero attached hydrogens (tertiary/aromatic N) is 2. The van der Waals surface area contributed by atoms with E-state index in [1.807, 2.05) is 31.5 Å². The van der Waals surface area contributed by atoms with Gasteiger partial charge in [-0.2, -0.15) is 4.99 Å². The second-order valence-electron chi connectivity index (χ2n) is 6.68. The molecule has 1 heterocycles. The summed E-state index contributed by atoms with van der Waals surface area (Å²) in [6.07, 6.45) is -0.110. The monoisotopic (exact) mass is 402 g/mol. The van der Waals surface area contributed by atoms with Crippen LogP contribution in [0.2, 0.25) is 0 Å². The third kappa shape index (κ3) is 4.73. The van der Waals surface area contributed by atoms with Gasteiger partial charge in [-0.15, -0.1) is 0 Å². The quantitative estimate of drug-likeness (QED) is 0.658. The minimum Gasteiger partial charge on any atom is -0.319 e. The molecule has 0 unspecified atom stereocenters. The fourth-order valence-corrected chi connectivity index (χ4v) is 5.24. The van der Waals surface area contributed by atoms with Gasteiger partial charge in [0, 0.05) is 13.5 Å². The lowest BCUT2D eigenvalue weighted by molar-refractivity contribution is -0.117. The van der Waals surface area contributed by atoms with Crippen molar-refractivity contribution in [3.63, 3.8) is 0 Å². The van der Waals surface area contributed by atoms with Gasteiger partial charge < -0.3 is 4.57 Å². The van der Waals surface area contributed by atoms with E-state index in [0.29, 0.717) is 4.80 Å². The molecule has 1 aromatic heterocycles. The molecule has 0 saturated heterocycles. The Balaban J connectivity index is 1.75. The first-order chi connectivity index (χ1) is 12.7. The Morgan fingerprint density at radius 3 is 2.48 bits per heavy atom. The molecule has 142 valence electrons. The number of carbonyl (C=O) groups excluding carboxylic acids is 1. The van der Waals surface area contributed by atoms with E-state index >= 15 is 0 Å². The molecule has 27 heavy (non-hydrogen) atoms. The minimum atomic E-state index is -3.35. The highest BCUT2D eigenvalue weighted by atomic mass is 32.2. The van der Waals surface area contributed by atoms with Gasteiger partial charge in [-0.25, -0.2) is 8.42 Å². The molecule has 0 aliphatic rings. The third-order valence-corrected chi connectivity index (χ3v) is 7.20. The summed E-state index contributed by atoms with van der Waals surface area (Å²) in [6.45, 7) is 4.10. The second kappa shape index (κ2) is 7.78. The summed E-state index contributed by atoms with van der Waals surface area (Å²) in [5.41, 5.74) is 4.12. The molecular formula is C20H22N2O3S2. The zero-order valence-corrected chi connectivity index (χ0v) is 17.2. The maximum Gasteiger partial charge on any atom is 0.249 e. The van der Waals surface area contributed by atoms with Gasteiger partial charge in [0.1, 0.15) is 0 Å². The van der Waals surface area contributed by atoms with Gasteiger partial charge in [-0.1, -0.05) is 41.7 Å². The van der Waals surface area contributed by atoms with Crippen molar-refractivity contribution in [1.82, 2.24) is 4.57 Å². The molecule has 0 aliphatic heterocycles. The lowest BCUT2D eigenvalue weighted by atomic mass is 10.1. The maximum absolute atomic E-state index is 12.2. The van der Waals surface area contributed by atoms with Crippen LogP contribution in [-0.2, 0) is 27.4 Å². The summed E-state index contributed by atoms with van der Waals surface area (Å²) in [4.78, 5) is 17.0. The van der Waals surface area contributed by atoms with E-state index in [2.05, 4.69) is 17.1 Å². The Morgan fingerprint density at radius 2 is 1.78 bits per heavy atom. The van der Waals surface area contributed by atoms with Crippen molar-refractivity contribution in [2.45, 2.75) is 26.0 Å². The van der Waals surface area contributed by atoms with E-state index < -0.39 is 15.7 Å². The van der Waals surface area contributed by atoms with E-state index in [1.54, 1.807) is 24.3 Å². The van der Waals surface area contributed by atoms with Crippen molar-refractivity contribution in [3.8, 4) is 0 Å². The highest BCUT2D eigenvalue weighted by Gasteiger charge is 2.15. The van der Waals surface area contributed by atoms with Gasteiger partial charge in [0.2, 0.25) is 5.91 Å². The van der Waals surface area contributed by atoms with E-state index in [4.69, 9.17) is 0 Å². The second-order valence-corrected chi connectivity index (χ2v) is 9.87. The lowest BCUT2D eigenvalue weighted by Gasteiger charge is -2.03. The van der Waals surface area contributed by atoms with Crippen LogP contribution in [0.25, 0.3) is 10.2 Å². The average molecular weight is 403 g/mol. The maximum atomic E-state index is 12.2. The number of aromatic nitrogens is 1. The Labute approximate surface area is 162 Å². The average Bonchev–Trinajstić information content (AvgIpc) is 2.90. The molecule has 2 aromatic carbocycles. The topological polar surface area (TPSA) is 68.5 Å². The Kier molecular flexibility index (Phi) is 5.62. The van der Waals surface area contributed by atoms with Crippen LogP contribution in [0.15, 0.2) is 47.5 Å². The van der Waals surface area contributed by atoms with Gasteiger partial charge in [0.05, 0.1) is 21.7 Å². The molecule has 0 fully saturated rings. The van der Waals surface area contributed by atoms with E-state index in [9.17, 15) is 13.2 Å². The fourth-order valence-electron chi connectivity index (χ4n) is 2.79. The number of thiazole rings is 1. The van der Waals surface area contributed by atoms with Crippen molar-refractivity contribution < 1.29 is 13.2 Å². The first-order valence-corrected chi connectivity index (χ1v) is 11.3. The molecular weight excluding hydrogens is 380 g/mol. The van der Waals surface area contributed by atoms with Crippen LogP contribution in [-0.4, -0.2) is 24.6 Å². The highest BCUT2D eigenvalue weighted by Crippen LogP contribution is 2.21. The number of fused-ring (bicyclic) bond motifs is 1. The first kappa shape index (κ1) is 19.5. The smallest absolute Gasteiger partial charge is 0.249 e. The standard InChI is InChI=1S/C20H22N2O3S2/c1-14-11-17-18(12-15(14)2)26-20(22(17)3)21-19(23)9-10-27(24,25)13-16-7-5-4-6-8-16/h4-8,11-12H,9-10,13H2,1-3H3. The van der Waals surface area contributed by atoms with Crippen molar-refractivity contribution in [2.24, 2.45) is 12.0 Å². The number of aryl methyl sites for hydroxylation is 3. The number of hydrogen-bond donors (Lipinski definition) is 0. The van der Waals surface area contributed by atoms with E-state index in [-0.39, 0.29) is 17.9 Å². The molecule has 7 heteroatoms. The number of hydrogen-bond acceptors (Lipinski definition) is 4. The third-order valence-electron chi connectivity index (χ3n) is 4.50. The normalized spacial score (nSPS) is 12.6. The fraction of sp³-hybridized carbons (Fsp3) is 0.300. The van der Waals surface area contributed by atoms with Crippen LogP contribution in [0, 0.1) is 13.8 Å². The SMILES string of the molecule is Cc1cc2sc(=NC(=O)CCS(=O)(=O)Cc3ccccc3)n(C)c2cc1C. The molecule has 0 atom stereocenters. The number of benzene rings is 2. The molecule has 0 N–H and O–H groups in total. The van der Waals surface area contributed by atoms with Crippen molar-refractivity contribution in [2.75, 3.05) is 5.75 Å². The van der Waals surface area contributed by atoms with Crippen molar-refractivity contribution >= 4 is 37.3 Å². The van der Waals surface area contributed by atoms with Gasteiger partial charge in [0.25, 0.3) is 0 Å². The summed E-state index contributed by atoms with van der Waals surface area (Å²) < 4.78 is 27.4. The predicted molar refractivity (Wildman–Crippen MR) is 109 cm³/mol. The van der Waals surface area contributed by atoms with E-state index in [0.717, 1.165) is 15.8 Å². The molecule has 5 nitrogen and oxygen atoms in total. The zero-order valence-electron chi connectivity index (χ0n) is 15.6. The molecule has 0 aliphatic carbocycles. The summed E-state index contributed by atoms with van der Waals surface area (Å²) in [6, 6.07) is 13.1. The Morgan fingerprint density at radius 1 is 1.11 bits per heavy atom. The van der Waals surface area contributed by atoms with Crippen LogP contribution in [0.3, 0.4) is 0 Å². The van der Waals surface area contributed by atoms with Gasteiger partial charge >= 0.3 is 0 Å². The number of rotatable bonds is 5. The first-order valence-electron chi connectivity index (χ1n) is 8.64. The molecule has 3 rings (SSSR count). The van der Waals surface area contributed by atoms with Crippen LogP contribution in [0.5, 0.6) is 0 Å². The van der Waals surface area contributed by atoms with Crippen molar-refractivity contribution in [3.05, 3.63) is 64.0 Å². The number of sulfone groups is 1. The number of carbonyl (C=O) groups is 1. The van der Waals surface area contributed by atoms with Crippen LogP contribution >= 0.6 is 11.3 Å². The Hall–Kier alpha value is -2.25. The summed E-state index contributed by atoms with van der Waals surface area (Å²) in [5.74, 6) is -0.671. The Bertz CT molecular complexity index is 1160. The van der Waals surface area contributed by atoms with Gasteiger partial charge in [-0.3, -0.25) is 4.79 Å². The zero-order chi connectivity index (χ0) is 19.6. The van der Waals surface area contributed by atoms with Crippen LogP contribution < -0.4 is 4.80 Å². The van der Waals surface area contributed by atoms with Crippen molar-refractivity contribution in [1.29, 1.82) is 0 Å². The van der Waals surface area contributed by atoms with Gasteiger partial charge in [0.15, 0.2) is 14.6 Å². The molecule has 3 aromatic rings. The molecule has 0 bridgehead atoms. The summed E-state index contributed by atoms with van der Waals surface area (Å²) >= 11 is 1.44. The number of amides is 1. The van der Waals surface area contributed by atoms with Crippen LogP contribution in [0.4, 0.5) is 0 Å². The van der Waals surface area contributed by atoms with Gasteiger partial charge in [-0.05, 0) is 42.7 Å². The highest BCUT2D eigenvalue weighted by molar-refractivity contribution is 7.90. The minimum absolute atomic E-state index is 0.0592. The largest absolute Gasteiger partial charge is 0.319 e. The molecule has 0 spiro atoms. The summed E-state index contributed by atoms with van der Waals surface area (Å²) in [7, 11) is -1.49. The summed E-state index contributed by atoms with van der Waals surface area (Å²) in [5, 5.41) is 0. The van der Waals surface area contributed by atoms with E-state index in [1.165, 1.54) is 22.5 Å². The predicted octanol–water partition coefficient (Wildman–Crippen LogP) is 3.29. The molecule has 0 radical (unpaired) electrons.